The lowest BCUT2D eigenvalue weighted by Crippen LogP contribution is -2.48. The summed E-state index contributed by atoms with van der Waals surface area (Å²) in [5, 5.41) is 87.7. The van der Waals surface area contributed by atoms with Gasteiger partial charge in [-0.3, -0.25) is 50.8 Å². The number of nitro benzene ring substituents is 3. The highest BCUT2D eigenvalue weighted by Crippen LogP contribution is 2.33. The van der Waals surface area contributed by atoms with Crippen molar-refractivity contribution >= 4 is 56.9 Å². The van der Waals surface area contributed by atoms with Crippen LogP contribution in [0.1, 0.15) is 0 Å². The van der Waals surface area contributed by atoms with E-state index in [9.17, 15) is 60.4 Å². The van der Waals surface area contributed by atoms with Gasteiger partial charge in [0.05, 0.1) is 31.8 Å². The summed E-state index contributed by atoms with van der Waals surface area (Å²) in [7, 11) is 4.16. The number of nitro groups is 3. The molecule has 4 aromatic rings. The van der Waals surface area contributed by atoms with Crippen LogP contribution >= 0.6 is 0 Å². The molecule has 24 nitrogen and oxygen atoms in total. The molecule has 4 rings (SSSR count). The van der Waals surface area contributed by atoms with Gasteiger partial charge in [-0.15, -0.1) is 5.11 Å². The van der Waals surface area contributed by atoms with Crippen LogP contribution in [0.5, 0.6) is 5.75 Å². The van der Waals surface area contributed by atoms with Gasteiger partial charge in [0.1, 0.15) is 37.3 Å². The highest BCUT2D eigenvalue weighted by Gasteiger charge is 2.22. The minimum atomic E-state index is -1.32. The van der Waals surface area contributed by atoms with E-state index in [0.29, 0.717) is 0 Å². The van der Waals surface area contributed by atoms with Gasteiger partial charge in [0.2, 0.25) is 10.9 Å². The SMILES string of the molecule is CN(CO)c1ccc(N=Nc2c(O)c(=NNc3ccc(N(C)CO)c([N+](=O)[O-])c3)c(=O)c(=NNc3ccc(N(C)CO)c([N+](=O)[O-])c3)c2=O)cc1[N+](=O)[O-]. The average molecular weight is 751 g/mol. The monoisotopic (exact) mass is 750 g/mol. The first-order valence-corrected chi connectivity index (χ1v) is 15.1. The highest BCUT2D eigenvalue weighted by molar-refractivity contribution is 5.70. The second-order valence-corrected chi connectivity index (χ2v) is 11.1. The van der Waals surface area contributed by atoms with Gasteiger partial charge in [0, 0.05) is 39.3 Å². The molecule has 0 spiro atoms. The van der Waals surface area contributed by atoms with Crippen molar-refractivity contribution in [2.24, 2.45) is 20.4 Å². The normalized spacial score (nSPS) is 11.8. The van der Waals surface area contributed by atoms with E-state index < -0.39 is 85.0 Å². The van der Waals surface area contributed by atoms with Crippen LogP contribution in [0.25, 0.3) is 0 Å². The average Bonchev–Trinajstić information content (AvgIpc) is 3.16. The zero-order valence-electron chi connectivity index (χ0n) is 28.3. The quantitative estimate of drug-likeness (QED) is 0.0429. The molecule has 4 aromatic carbocycles. The molecule has 24 heteroatoms. The number of hydrogen-bond acceptors (Lipinski definition) is 21. The Hall–Kier alpha value is -7.44. The van der Waals surface area contributed by atoms with Gasteiger partial charge in [0.15, 0.2) is 22.2 Å². The fourth-order valence-electron chi connectivity index (χ4n) is 4.70. The summed E-state index contributed by atoms with van der Waals surface area (Å²) in [5.41, 5.74) is -0.597. The fourth-order valence-corrected chi connectivity index (χ4v) is 4.70. The van der Waals surface area contributed by atoms with E-state index in [1.165, 1.54) is 67.3 Å². The number of benzene rings is 4. The summed E-state index contributed by atoms with van der Waals surface area (Å²) >= 11 is 0. The summed E-state index contributed by atoms with van der Waals surface area (Å²) < 4.78 is 0. The second kappa shape index (κ2) is 16.7. The molecule has 0 fully saturated rings. The maximum Gasteiger partial charge on any atom is 0.294 e. The molecule has 282 valence electrons. The standard InChI is InChI=1S/C30H30N12O12/c1-37(13-43)19-7-4-16(10-22(19)40(49)50)31-34-25-28(46)26(35-32-17-5-8-20(38(2)14-44)23(11-17)41(51)52)30(48)27(29(25)47)36-33-18-6-9-21(39(3)15-45)24(12-18)42(53)54/h4-12,31-32,43-45,47H,13-15H2,1-3H3. The van der Waals surface area contributed by atoms with E-state index in [2.05, 4.69) is 31.3 Å². The van der Waals surface area contributed by atoms with Crippen molar-refractivity contribution < 1.29 is 35.2 Å². The molecule has 6 N–H and O–H groups in total. The third kappa shape index (κ3) is 8.36. The predicted molar refractivity (Wildman–Crippen MR) is 191 cm³/mol. The van der Waals surface area contributed by atoms with Gasteiger partial charge in [-0.25, -0.2) is 0 Å². The number of rotatable bonds is 15. The number of hydrogen-bond donors (Lipinski definition) is 6. The van der Waals surface area contributed by atoms with Gasteiger partial charge in [-0.2, -0.15) is 15.3 Å². The molecule has 0 atom stereocenters. The van der Waals surface area contributed by atoms with Gasteiger partial charge in [-0.05, 0) is 36.4 Å². The van der Waals surface area contributed by atoms with Gasteiger partial charge >= 0.3 is 0 Å². The first-order valence-electron chi connectivity index (χ1n) is 15.1. The minimum absolute atomic E-state index is 0.0105. The van der Waals surface area contributed by atoms with Gasteiger partial charge < -0.3 is 35.1 Å². The first kappa shape index (κ1) is 39.3. The maximum atomic E-state index is 13.6. The summed E-state index contributed by atoms with van der Waals surface area (Å²) in [6, 6.07) is 10.6. The van der Waals surface area contributed by atoms with Crippen LogP contribution in [-0.4, -0.2) is 76.5 Å². The number of anilines is 5. The molecule has 0 aliphatic heterocycles. The molecule has 0 unspecified atom stereocenters. The number of nitrogens with zero attached hydrogens (tertiary/aromatic N) is 10. The molecular formula is C30H30N12O12. The molecule has 0 aliphatic carbocycles. The third-order valence-electron chi connectivity index (χ3n) is 7.54. The number of phenols is 1. The topological polar surface area (TPSA) is 328 Å². The van der Waals surface area contributed by atoms with Crippen LogP contribution in [0.3, 0.4) is 0 Å². The summed E-state index contributed by atoms with van der Waals surface area (Å²) in [5.74, 6) is -1.13. The smallest absolute Gasteiger partial charge is 0.294 e. The lowest BCUT2D eigenvalue weighted by Gasteiger charge is -2.16. The zero-order valence-corrected chi connectivity index (χ0v) is 28.3. The van der Waals surface area contributed by atoms with Crippen molar-refractivity contribution in [1.82, 2.24) is 0 Å². The van der Waals surface area contributed by atoms with Crippen molar-refractivity contribution in [2.75, 3.05) is 66.9 Å². The fraction of sp³-hybridized carbons (Fsp3) is 0.200. The number of nitrogens with one attached hydrogen (secondary N) is 2. The first-order chi connectivity index (χ1) is 25.6. The Bertz CT molecular complexity index is 2380. The molecule has 0 bridgehead atoms. The van der Waals surface area contributed by atoms with Gasteiger partial charge in [-0.1, -0.05) is 0 Å². The van der Waals surface area contributed by atoms with Crippen LogP contribution in [-0.2, 0) is 0 Å². The Morgan fingerprint density at radius 1 is 0.611 bits per heavy atom. The Morgan fingerprint density at radius 2 is 1.02 bits per heavy atom. The molecule has 0 saturated carbocycles. The molecule has 54 heavy (non-hydrogen) atoms. The molecule has 0 heterocycles. The van der Waals surface area contributed by atoms with Crippen LogP contribution in [0.2, 0.25) is 0 Å². The predicted octanol–water partition coefficient (Wildman–Crippen LogP) is 1.14. The Balaban J connectivity index is 1.92. The zero-order chi connectivity index (χ0) is 39.9. The van der Waals surface area contributed by atoms with Crippen molar-refractivity contribution in [2.45, 2.75) is 0 Å². The van der Waals surface area contributed by atoms with E-state index in [0.717, 1.165) is 23.1 Å². The van der Waals surface area contributed by atoms with E-state index in [1.54, 1.807) is 0 Å². The number of aromatic hydroxyl groups is 1. The summed E-state index contributed by atoms with van der Waals surface area (Å²) in [6.07, 6.45) is 0. The Kier molecular flexibility index (Phi) is 12.2. The molecule has 0 radical (unpaired) electrons. The van der Waals surface area contributed by atoms with E-state index in [4.69, 9.17) is 0 Å². The molecular weight excluding hydrogens is 720 g/mol. The summed E-state index contributed by atoms with van der Waals surface area (Å²) in [4.78, 5) is 63.5. The molecule has 0 aromatic heterocycles. The molecule has 0 aliphatic rings. The van der Waals surface area contributed by atoms with Crippen LogP contribution in [0, 0.1) is 30.3 Å². The number of phenolic OH excluding ortho intramolecular Hbond substituents is 1. The van der Waals surface area contributed by atoms with E-state index in [1.807, 2.05) is 0 Å². The second-order valence-electron chi connectivity index (χ2n) is 11.1. The number of azo groups is 1. The van der Waals surface area contributed by atoms with Crippen LogP contribution in [0.15, 0.2) is 84.6 Å². The number of aliphatic hydroxyl groups is 3. The van der Waals surface area contributed by atoms with Crippen molar-refractivity contribution in [1.29, 1.82) is 0 Å². The van der Waals surface area contributed by atoms with Crippen molar-refractivity contribution in [3.63, 3.8) is 0 Å². The summed E-state index contributed by atoms with van der Waals surface area (Å²) in [6.45, 7) is -1.68. The highest BCUT2D eigenvalue weighted by atomic mass is 16.6. The van der Waals surface area contributed by atoms with Crippen LogP contribution < -0.4 is 47.1 Å². The number of aliphatic hydroxyl groups excluding tert-OH is 3. The largest absolute Gasteiger partial charge is 0.504 e. The van der Waals surface area contributed by atoms with Crippen LogP contribution in [0.4, 0.5) is 56.9 Å². The van der Waals surface area contributed by atoms with E-state index in [-0.39, 0.29) is 34.1 Å². The lowest BCUT2D eigenvalue weighted by molar-refractivity contribution is -0.384. The minimum Gasteiger partial charge on any atom is -0.504 e. The van der Waals surface area contributed by atoms with Crippen molar-refractivity contribution in [3.8, 4) is 5.75 Å². The van der Waals surface area contributed by atoms with Gasteiger partial charge in [0.25, 0.3) is 17.1 Å². The van der Waals surface area contributed by atoms with Crippen molar-refractivity contribution in [3.05, 3.63) is 116 Å². The third-order valence-corrected chi connectivity index (χ3v) is 7.54. The van der Waals surface area contributed by atoms with E-state index >= 15 is 0 Å². The molecule has 0 saturated heterocycles. The maximum absolute atomic E-state index is 13.6. The molecule has 0 amide bonds. The lowest BCUT2D eigenvalue weighted by atomic mass is 10.2. The Morgan fingerprint density at radius 3 is 1.44 bits per heavy atom. The Labute approximate surface area is 301 Å².